The molecule has 1 fully saturated rings. The number of sulfone groups is 1. The molecule has 16 heteroatoms. The molecule has 0 spiro atoms. The zero-order valence-corrected chi connectivity index (χ0v) is 24.3. The van der Waals surface area contributed by atoms with Gasteiger partial charge >= 0.3 is 0 Å². The Hall–Kier alpha value is -1.85. The molecule has 0 N–H and O–H groups in total. The Kier molecular flexibility index (Phi) is 11.7. The van der Waals surface area contributed by atoms with Crippen LogP contribution in [0.15, 0.2) is 17.0 Å². The zero-order chi connectivity index (χ0) is 27.8. The smallest absolute Gasteiger partial charge is 0.283 e. The van der Waals surface area contributed by atoms with E-state index in [1.807, 2.05) is 0 Å². The molecule has 13 nitrogen and oxygen atoms in total. The zero-order valence-electron chi connectivity index (χ0n) is 21.1. The lowest BCUT2D eigenvalue weighted by molar-refractivity contribution is -0.385. The van der Waals surface area contributed by atoms with Gasteiger partial charge in [0.25, 0.3) is 21.7 Å². The summed E-state index contributed by atoms with van der Waals surface area (Å²) in [7, 11) is -6.17. The van der Waals surface area contributed by atoms with E-state index in [2.05, 4.69) is 20.8 Å². The molecule has 2 rings (SSSR count). The summed E-state index contributed by atoms with van der Waals surface area (Å²) in [5.41, 5.74) is -0.817. The van der Waals surface area contributed by atoms with Crippen LogP contribution < -0.4 is 4.90 Å². The second kappa shape index (κ2) is 13.8. The number of amides is 1. The predicted molar refractivity (Wildman–Crippen MR) is 142 cm³/mol. The fourth-order valence-electron chi connectivity index (χ4n) is 3.71. The molecule has 1 saturated heterocycles. The van der Waals surface area contributed by atoms with Crippen LogP contribution in [0.25, 0.3) is 0 Å². The van der Waals surface area contributed by atoms with Crippen molar-refractivity contribution in [3.63, 3.8) is 0 Å². The summed E-state index contributed by atoms with van der Waals surface area (Å²) in [6.45, 7) is 4.77. The van der Waals surface area contributed by atoms with Gasteiger partial charge in [-0.1, -0.05) is 22.9 Å². The number of morpholine rings is 1. The van der Waals surface area contributed by atoms with Gasteiger partial charge < -0.3 is 14.5 Å². The Balaban J connectivity index is 2.51. The molecule has 1 aromatic carbocycles. The maximum Gasteiger partial charge on any atom is 0.283 e. The SMILES string of the molecule is CCS(=O)(=O)c1cc([N+](=O)[O-])c(C(=O)N(C)CCN2CCOCC2)cc1N(CCBr)CCOS(C)(=O)=O. The number of ether oxygens (including phenoxy) is 1. The monoisotopic (exact) mass is 628 g/mol. The highest BCUT2D eigenvalue weighted by molar-refractivity contribution is 9.09. The molecule has 0 atom stereocenters. The molecule has 1 amide bonds. The Morgan fingerprint density at radius 1 is 1.19 bits per heavy atom. The van der Waals surface area contributed by atoms with Crippen molar-refractivity contribution in [1.29, 1.82) is 0 Å². The molecule has 0 unspecified atom stereocenters. The molecule has 1 aliphatic heterocycles. The first kappa shape index (κ1) is 31.4. The highest BCUT2D eigenvalue weighted by atomic mass is 79.9. The Labute approximate surface area is 226 Å². The molecule has 37 heavy (non-hydrogen) atoms. The Morgan fingerprint density at radius 3 is 2.38 bits per heavy atom. The third kappa shape index (κ3) is 9.14. The van der Waals surface area contributed by atoms with Crippen molar-refractivity contribution in [3.8, 4) is 0 Å². The number of hydrogen-bond donors (Lipinski definition) is 0. The minimum absolute atomic E-state index is 0.0385. The lowest BCUT2D eigenvalue weighted by Crippen LogP contribution is -2.42. The van der Waals surface area contributed by atoms with Gasteiger partial charge in [-0.15, -0.1) is 0 Å². The second-order valence-electron chi connectivity index (χ2n) is 8.38. The van der Waals surface area contributed by atoms with E-state index in [9.17, 15) is 31.7 Å². The minimum atomic E-state index is -3.95. The Morgan fingerprint density at radius 2 is 1.84 bits per heavy atom. The van der Waals surface area contributed by atoms with E-state index in [0.717, 1.165) is 12.3 Å². The lowest BCUT2D eigenvalue weighted by Gasteiger charge is -2.29. The predicted octanol–water partition coefficient (Wildman–Crippen LogP) is 0.970. The van der Waals surface area contributed by atoms with Crippen LogP contribution in [-0.4, -0.2) is 121 Å². The highest BCUT2D eigenvalue weighted by Crippen LogP contribution is 2.34. The van der Waals surface area contributed by atoms with E-state index in [1.54, 1.807) is 0 Å². The number of halogens is 1. The third-order valence-electron chi connectivity index (χ3n) is 5.78. The topological polar surface area (TPSA) is 157 Å². The number of carbonyl (C=O) groups is 1. The number of carbonyl (C=O) groups excluding carboxylic acids is 1. The maximum absolute atomic E-state index is 13.3. The van der Waals surface area contributed by atoms with Gasteiger partial charge in [-0.25, -0.2) is 8.42 Å². The van der Waals surface area contributed by atoms with Crippen molar-refractivity contribution in [2.75, 3.05) is 88.4 Å². The van der Waals surface area contributed by atoms with Gasteiger partial charge in [0.2, 0.25) is 0 Å². The van der Waals surface area contributed by atoms with Crippen molar-refractivity contribution >= 4 is 53.2 Å². The average molecular weight is 630 g/mol. The van der Waals surface area contributed by atoms with Crippen molar-refractivity contribution in [3.05, 3.63) is 27.8 Å². The first-order valence-electron chi connectivity index (χ1n) is 11.6. The largest absolute Gasteiger partial charge is 0.379 e. The van der Waals surface area contributed by atoms with Gasteiger partial charge in [0.05, 0.1) is 47.3 Å². The van der Waals surface area contributed by atoms with Crippen LogP contribution >= 0.6 is 15.9 Å². The minimum Gasteiger partial charge on any atom is -0.379 e. The summed E-state index contributed by atoms with van der Waals surface area (Å²) in [4.78, 5) is 29.2. The van der Waals surface area contributed by atoms with E-state index in [0.29, 0.717) is 44.7 Å². The first-order valence-corrected chi connectivity index (χ1v) is 16.2. The van der Waals surface area contributed by atoms with Crippen LogP contribution in [-0.2, 0) is 28.9 Å². The lowest BCUT2D eigenvalue weighted by atomic mass is 10.1. The number of nitro groups is 1. The van der Waals surface area contributed by atoms with Crippen molar-refractivity contribution in [2.24, 2.45) is 0 Å². The molecule has 0 aromatic heterocycles. The number of hydrogen-bond acceptors (Lipinski definition) is 11. The molecule has 0 bridgehead atoms. The standard InChI is InChI=1S/C21H33BrN4O9S2/c1-4-37(32,33)20-16-18(26(28)29)17(21(27)23(2)7-8-24-9-12-34-13-10-24)15-19(20)25(6-5-22)11-14-35-36(3,30)31/h15-16H,4-14H2,1-3H3. The van der Waals surface area contributed by atoms with Crippen LogP contribution in [0, 0.1) is 10.1 Å². The molecule has 1 aliphatic rings. The van der Waals surface area contributed by atoms with Crippen LogP contribution in [0.5, 0.6) is 0 Å². The average Bonchev–Trinajstić information content (AvgIpc) is 2.85. The molecule has 0 saturated carbocycles. The van der Waals surface area contributed by atoms with E-state index < -0.39 is 36.5 Å². The summed E-state index contributed by atoms with van der Waals surface area (Å²) < 4.78 is 58.8. The number of likely N-dealkylation sites (N-methyl/N-ethyl adjacent to an activating group) is 1. The van der Waals surface area contributed by atoms with Crippen molar-refractivity contribution in [2.45, 2.75) is 11.8 Å². The first-order chi connectivity index (χ1) is 17.3. The quantitative estimate of drug-likeness (QED) is 0.125. The van der Waals surface area contributed by atoms with Crippen LogP contribution in [0.3, 0.4) is 0 Å². The molecule has 0 aliphatic carbocycles. The van der Waals surface area contributed by atoms with Crippen molar-refractivity contribution in [1.82, 2.24) is 9.80 Å². The fraction of sp³-hybridized carbons (Fsp3) is 0.667. The van der Waals surface area contributed by atoms with Crippen LogP contribution in [0.1, 0.15) is 17.3 Å². The molecule has 1 aromatic rings. The van der Waals surface area contributed by atoms with Crippen LogP contribution in [0.4, 0.5) is 11.4 Å². The number of nitrogens with zero attached hydrogens (tertiary/aromatic N) is 4. The van der Waals surface area contributed by atoms with Gasteiger partial charge in [0.1, 0.15) is 5.56 Å². The van der Waals surface area contributed by atoms with Gasteiger partial charge in [-0.2, -0.15) is 8.42 Å². The summed E-state index contributed by atoms with van der Waals surface area (Å²) in [5.74, 6) is -0.959. The number of anilines is 1. The van der Waals surface area contributed by atoms with Crippen LogP contribution in [0.2, 0.25) is 0 Å². The number of benzene rings is 1. The fourth-order valence-corrected chi connectivity index (χ4v) is 5.62. The number of alkyl halides is 1. The highest BCUT2D eigenvalue weighted by Gasteiger charge is 2.31. The summed E-state index contributed by atoms with van der Waals surface area (Å²) >= 11 is 3.29. The molecule has 210 valence electrons. The molecule has 1 heterocycles. The van der Waals surface area contributed by atoms with E-state index in [-0.39, 0.29) is 41.6 Å². The van der Waals surface area contributed by atoms with E-state index in [4.69, 9.17) is 8.92 Å². The number of rotatable bonds is 14. The van der Waals surface area contributed by atoms with E-state index >= 15 is 0 Å². The Bertz CT molecular complexity index is 1170. The van der Waals surface area contributed by atoms with Crippen molar-refractivity contribution < 1.29 is 35.5 Å². The molecular formula is C21H33BrN4O9S2. The van der Waals surface area contributed by atoms with Gasteiger partial charge in [-0.05, 0) is 6.07 Å². The maximum atomic E-state index is 13.3. The third-order valence-corrected chi connectivity index (χ3v) is 8.48. The second-order valence-corrected chi connectivity index (χ2v) is 13.1. The normalized spacial score (nSPS) is 14.9. The molecular weight excluding hydrogens is 596 g/mol. The summed E-state index contributed by atoms with van der Waals surface area (Å²) in [6, 6.07) is 2.12. The summed E-state index contributed by atoms with van der Waals surface area (Å²) in [5, 5.41) is 12.3. The van der Waals surface area contributed by atoms with Gasteiger partial charge in [0.15, 0.2) is 9.84 Å². The number of nitro benzene ring substituents is 1. The molecule has 0 radical (unpaired) electrons. The van der Waals surface area contributed by atoms with Gasteiger partial charge in [-0.3, -0.25) is 24.0 Å². The van der Waals surface area contributed by atoms with E-state index in [1.165, 1.54) is 29.8 Å². The van der Waals surface area contributed by atoms with Gasteiger partial charge in [0, 0.05) is 57.7 Å². The summed E-state index contributed by atoms with van der Waals surface area (Å²) in [6.07, 6.45) is 0.893.